The summed E-state index contributed by atoms with van der Waals surface area (Å²) in [7, 11) is -3.72. The fraction of sp³-hybridized carbons (Fsp3) is 0.500. The highest BCUT2D eigenvalue weighted by Crippen LogP contribution is 2.39. The van der Waals surface area contributed by atoms with Crippen molar-refractivity contribution in [2.24, 2.45) is 0 Å². The Hall–Kier alpha value is -1.12. The monoisotopic (exact) mass is 310 g/mol. The first kappa shape index (κ1) is 15.3. The Bertz CT molecular complexity index is 610. The maximum absolute atomic E-state index is 12.7. The first-order valence-electron chi connectivity index (χ1n) is 5.79. The van der Waals surface area contributed by atoms with Crippen LogP contribution < -0.4 is 0 Å². The Morgan fingerprint density at radius 1 is 1.30 bits per heavy atom. The lowest BCUT2D eigenvalue weighted by atomic mass is 9.94. The number of alkyl halides is 3. The molecule has 1 aliphatic heterocycles. The molecule has 0 saturated heterocycles. The molecule has 0 bridgehead atoms. The minimum Gasteiger partial charge on any atom is -0.371 e. The van der Waals surface area contributed by atoms with E-state index in [0.29, 0.717) is 11.1 Å². The van der Waals surface area contributed by atoms with Gasteiger partial charge in [-0.2, -0.15) is 21.6 Å². The van der Waals surface area contributed by atoms with Crippen LogP contribution in [0, 0.1) is 0 Å². The standard InChI is InChI=1S/C12H13F3O4S/c1-7-10-5-8(12(13,14)15)3-4-9(10)11(6-18-7)19-20(2,16)17/h3-5,7,11H,6H2,1-2H3. The zero-order valence-electron chi connectivity index (χ0n) is 10.8. The van der Waals surface area contributed by atoms with Gasteiger partial charge in [0.05, 0.1) is 24.5 Å². The fourth-order valence-electron chi connectivity index (χ4n) is 2.10. The third-order valence-electron chi connectivity index (χ3n) is 2.99. The molecule has 1 aromatic carbocycles. The van der Waals surface area contributed by atoms with Gasteiger partial charge in [0.1, 0.15) is 6.10 Å². The van der Waals surface area contributed by atoms with Crippen LogP contribution >= 0.6 is 0 Å². The lowest BCUT2D eigenvalue weighted by Crippen LogP contribution is -2.24. The predicted octanol–water partition coefficient (Wildman–Crippen LogP) is 2.81. The maximum atomic E-state index is 12.7. The summed E-state index contributed by atoms with van der Waals surface area (Å²) in [6, 6.07) is 3.13. The van der Waals surface area contributed by atoms with E-state index in [-0.39, 0.29) is 6.61 Å². The minimum absolute atomic E-state index is 0.0212. The van der Waals surface area contributed by atoms with Crippen LogP contribution in [0.5, 0.6) is 0 Å². The number of hydrogen-bond acceptors (Lipinski definition) is 4. The molecule has 0 spiro atoms. The second-order valence-corrected chi connectivity index (χ2v) is 6.21. The molecule has 0 radical (unpaired) electrons. The van der Waals surface area contributed by atoms with Gasteiger partial charge < -0.3 is 4.74 Å². The summed E-state index contributed by atoms with van der Waals surface area (Å²) < 4.78 is 70.5. The summed E-state index contributed by atoms with van der Waals surface area (Å²) in [5, 5.41) is 0. The van der Waals surface area contributed by atoms with E-state index in [9.17, 15) is 21.6 Å². The molecule has 8 heteroatoms. The highest BCUT2D eigenvalue weighted by molar-refractivity contribution is 7.86. The molecule has 0 N–H and O–H groups in total. The first-order chi connectivity index (χ1) is 9.08. The van der Waals surface area contributed by atoms with Gasteiger partial charge in [0.15, 0.2) is 0 Å². The van der Waals surface area contributed by atoms with Crippen LogP contribution in [0.3, 0.4) is 0 Å². The van der Waals surface area contributed by atoms with Crippen molar-refractivity contribution in [3.8, 4) is 0 Å². The minimum atomic E-state index is -4.46. The molecule has 1 aliphatic rings. The largest absolute Gasteiger partial charge is 0.416 e. The number of ether oxygens (including phenoxy) is 1. The van der Waals surface area contributed by atoms with Gasteiger partial charge in [-0.15, -0.1) is 0 Å². The summed E-state index contributed by atoms with van der Waals surface area (Å²) in [6.07, 6.45) is -5.04. The summed E-state index contributed by atoms with van der Waals surface area (Å²) >= 11 is 0. The Balaban J connectivity index is 2.44. The zero-order chi connectivity index (χ0) is 15.1. The summed E-state index contributed by atoms with van der Waals surface area (Å²) in [5.41, 5.74) is -0.103. The lowest BCUT2D eigenvalue weighted by molar-refractivity contribution is -0.137. The molecule has 1 aromatic rings. The Kier molecular flexibility index (Phi) is 3.83. The zero-order valence-corrected chi connectivity index (χ0v) is 11.6. The quantitative estimate of drug-likeness (QED) is 0.788. The van der Waals surface area contributed by atoms with Crippen molar-refractivity contribution < 1.29 is 30.5 Å². The van der Waals surface area contributed by atoms with Crippen LogP contribution in [0.4, 0.5) is 13.2 Å². The smallest absolute Gasteiger partial charge is 0.371 e. The van der Waals surface area contributed by atoms with Crippen LogP contribution in [-0.4, -0.2) is 21.3 Å². The molecule has 0 aromatic heterocycles. The molecular formula is C12H13F3O4S. The molecule has 0 saturated carbocycles. The molecule has 112 valence electrons. The van der Waals surface area contributed by atoms with Crippen molar-refractivity contribution >= 4 is 10.1 Å². The average molecular weight is 310 g/mol. The Morgan fingerprint density at radius 2 is 1.95 bits per heavy atom. The molecule has 2 unspecified atom stereocenters. The molecular weight excluding hydrogens is 297 g/mol. The normalized spacial score (nSPS) is 23.4. The van der Waals surface area contributed by atoms with E-state index in [4.69, 9.17) is 8.92 Å². The van der Waals surface area contributed by atoms with Gasteiger partial charge in [-0.25, -0.2) is 0 Å². The van der Waals surface area contributed by atoms with Crippen LogP contribution in [0.15, 0.2) is 18.2 Å². The van der Waals surface area contributed by atoms with Gasteiger partial charge >= 0.3 is 6.18 Å². The predicted molar refractivity (Wildman–Crippen MR) is 64.5 cm³/mol. The SMILES string of the molecule is CC1OCC(OS(C)(=O)=O)c2ccc(C(F)(F)F)cc21. The molecule has 20 heavy (non-hydrogen) atoms. The summed E-state index contributed by atoms with van der Waals surface area (Å²) in [6.45, 7) is 1.59. The van der Waals surface area contributed by atoms with E-state index in [1.165, 1.54) is 6.07 Å². The van der Waals surface area contributed by atoms with Crippen molar-refractivity contribution in [1.29, 1.82) is 0 Å². The van der Waals surface area contributed by atoms with E-state index in [2.05, 4.69) is 0 Å². The molecule has 1 heterocycles. The number of fused-ring (bicyclic) bond motifs is 1. The third-order valence-corrected chi connectivity index (χ3v) is 3.57. The molecule has 0 amide bonds. The molecule has 0 aliphatic carbocycles. The number of hydrogen-bond donors (Lipinski definition) is 0. The van der Waals surface area contributed by atoms with Crippen molar-refractivity contribution in [2.75, 3.05) is 12.9 Å². The van der Waals surface area contributed by atoms with Crippen LogP contribution in [-0.2, 0) is 25.2 Å². The van der Waals surface area contributed by atoms with Gasteiger partial charge in [0.25, 0.3) is 10.1 Å². The first-order valence-corrected chi connectivity index (χ1v) is 7.60. The van der Waals surface area contributed by atoms with Gasteiger partial charge in [0, 0.05) is 0 Å². The maximum Gasteiger partial charge on any atom is 0.416 e. The third kappa shape index (κ3) is 3.31. The van der Waals surface area contributed by atoms with E-state index in [1.807, 2.05) is 0 Å². The molecule has 2 rings (SSSR count). The second-order valence-electron chi connectivity index (χ2n) is 4.61. The molecule has 0 fully saturated rings. The number of rotatable bonds is 2. The van der Waals surface area contributed by atoms with Crippen molar-refractivity contribution in [1.82, 2.24) is 0 Å². The van der Waals surface area contributed by atoms with E-state index < -0.39 is 34.1 Å². The summed E-state index contributed by atoms with van der Waals surface area (Å²) in [5.74, 6) is 0. The summed E-state index contributed by atoms with van der Waals surface area (Å²) in [4.78, 5) is 0. The van der Waals surface area contributed by atoms with Gasteiger partial charge in [0.2, 0.25) is 0 Å². The van der Waals surface area contributed by atoms with Crippen molar-refractivity contribution in [3.63, 3.8) is 0 Å². The van der Waals surface area contributed by atoms with E-state index in [1.54, 1.807) is 6.92 Å². The van der Waals surface area contributed by atoms with Crippen LogP contribution in [0.1, 0.15) is 35.8 Å². The van der Waals surface area contributed by atoms with E-state index in [0.717, 1.165) is 18.4 Å². The topological polar surface area (TPSA) is 52.6 Å². The van der Waals surface area contributed by atoms with Gasteiger partial charge in [-0.3, -0.25) is 4.18 Å². The van der Waals surface area contributed by atoms with Crippen LogP contribution in [0.2, 0.25) is 0 Å². The van der Waals surface area contributed by atoms with Crippen molar-refractivity contribution in [2.45, 2.75) is 25.3 Å². The highest BCUT2D eigenvalue weighted by atomic mass is 32.2. The fourth-order valence-corrected chi connectivity index (χ4v) is 2.68. The van der Waals surface area contributed by atoms with E-state index >= 15 is 0 Å². The second kappa shape index (κ2) is 5.01. The Labute approximate surface area is 114 Å². The molecule has 2 atom stereocenters. The lowest BCUT2D eigenvalue weighted by Gasteiger charge is -2.29. The average Bonchev–Trinajstić information content (AvgIpc) is 2.30. The highest BCUT2D eigenvalue weighted by Gasteiger charge is 2.34. The van der Waals surface area contributed by atoms with Gasteiger partial charge in [-0.1, -0.05) is 6.07 Å². The molecule has 4 nitrogen and oxygen atoms in total. The number of halogens is 3. The van der Waals surface area contributed by atoms with Crippen molar-refractivity contribution in [3.05, 3.63) is 34.9 Å². The van der Waals surface area contributed by atoms with Gasteiger partial charge in [-0.05, 0) is 30.2 Å². The number of benzene rings is 1. The van der Waals surface area contributed by atoms with Crippen LogP contribution in [0.25, 0.3) is 0 Å². The Morgan fingerprint density at radius 3 is 2.50 bits per heavy atom.